The van der Waals surface area contributed by atoms with Crippen molar-refractivity contribution in [3.63, 3.8) is 0 Å². The van der Waals surface area contributed by atoms with Gasteiger partial charge in [0.25, 0.3) is 0 Å². The Hall–Kier alpha value is -2.00. The highest BCUT2D eigenvalue weighted by atomic mass is 35.5. The highest BCUT2D eigenvalue weighted by Gasteiger charge is 2.08. The van der Waals surface area contributed by atoms with Gasteiger partial charge in [0.15, 0.2) is 0 Å². The van der Waals surface area contributed by atoms with E-state index in [2.05, 4.69) is 5.10 Å². The fourth-order valence-electron chi connectivity index (χ4n) is 2.34. The van der Waals surface area contributed by atoms with E-state index in [9.17, 15) is 0 Å². The summed E-state index contributed by atoms with van der Waals surface area (Å²) in [7, 11) is 1.67. The van der Waals surface area contributed by atoms with Crippen LogP contribution in [0.3, 0.4) is 0 Å². The third-order valence-electron chi connectivity index (χ3n) is 3.39. The van der Waals surface area contributed by atoms with Gasteiger partial charge in [-0.1, -0.05) is 23.7 Å². The van der Waals surface area contributed by atoms with Gasteiger partial charge in [-0.25, -0.2) is 0 Å². The molecular formula is C16H15ClN2O. The second-order valence-corrected chi connectivity index (χ2v) is 5.19. The number of methoxy groups -OCH3 is 1. The molecule has 2 aromatic carbocycles. The molecule has 0 saturated carbocycles. The molecule has 0 atom stereocenters. The number of ether oxygens (including phenoxy) is 1. The second-order valence-electron chi connectivity index (χ2n) is 4.75. The molecule has 20 heavy (non-hydrogen) atoms. The largest absolute Gasteiger partial charge is 0.497 e. The van der Waals surface area contributed by atoms with Crippen LogP contribution in [-0.2, 0) is 6.54 Å². The SMILES string of the molecule is COc1ccc(Cn2nc(C)c3ccc(Cl)cc32)cc1. The van der Waals surface area contributed by atoms with E-state index >= 15 is 0 Å². The molecule has 3 nitrogen and oxygen atoms in total. The van der Waals surface area contributed by atoms with Gasteiger partial charge in [-0.3, -0.25) is 4.68 Å². The molecule has 0 spiro atoms. The molecule has 0 unspecified atom stereocenters. The molecule has 0 bridgehead atoms. The summed E-state index contributed by atoms with van der Waals surface area (Å²) in [6, 6.07) is 13.9. The normalized spacial score (nSPS) is 10.9. The molecule has 0 fully saturated rings. The van der Waals surface area contributed by atoms with Crippen molar-refractivity contribution in [3.05, 3.63) is 58.7 Å². The van der Waals surface area contributed by atoms with Crippen LogP contribution in [0.25, 0.3) is 10.9 Å². The monoisotopic (exact) mass is 286 g/mol. The van der Waals surface area contributed by atoms with E-state index in [0.717, 1.165) is 27.4 Å². The van der Waals surface area contributed by atoms with E-state index in [-0.39, 0.29) is 0 Å². The summed E-state index contributed by atoms with van der Waals surface area (Å²) in [5.41, 5.74) is 3.26. The lowest BCUT2D eigenvalue weighted by atomic mass is 10.2. The maximum Gasteiger partial charge on any atom is 0.118 e. The third kappa shape index (κ3) is 2.37. The predicted molar refractivity (Wildman–Crippen MR) is 81.6 cm³/mol. The van der Waals surface area contributed by atoms with Crippen LogP contribution in [0, 0.1) is 6.92 Å². The van der Waals surface area contributed by atoms with Gasteiger partial charge in [0.2, 0.25) is 0 Å². The summed E-state index contributed by atoms with van der Waals surface area (Å²) in [5.74, 6) is 0.860. The summed E-state index contributed by atoms with van der Waals surface area (Å²) in [4.78, 5) is 0. The maximum atomic E-state index is 6.08. The molecule has 3 rings (SSSR count). The van der Waals surface area contributed by atoms with E-state index in [0.29, 0.717) is 6.54 Å². The molecule has 0 aliphatic carbocycles. The number of fused-ring (bicyclic) bond motifs is 1. The molecular weight excluding hydrogens is 272 g/mol. The summed E-state index contributed by atoms with van der Waals surface area (Å²) in [6.07, 6.45) is 0. The summed E-state index contributed by atoms with van der Waals surface area (Å²) in [6.45, 7) is 2.73. The molecule has 0 saturated heterocycles. The van der Waals surface area contributed by atoms with E-state index in [1.165, 1.54) is 5.56 Å². The Morgan fingerprint density at radius 3 is 2.60 bits per heavy atom. The zero-order chi connectivity index (χ0) is 14.1. The maximum absolute atomic E-state index is 6.08. The smallest absolute Gasteiger partial charge is 0.118 e. The van der Waals surface area contributed by atoms with Crippen molar-refractivity contribution in [1.29, 1.82) is 0 Å². The van der Waals surface area contributed by atoms with Gasteiger partial charge in [0.05, 0.1) is 24.9 Å². The molecule has 0 N–H and O–H groups in total. The van der Waals surface area contributed by atoms with Crippen LogP contribution in [0.4, 0.5) is 0 Å². The van der Waals surface area contributed by atoms with E-state index in [1.54, 1.807) is 7.11 Å². The van der Waals surface area contributed by atoms with Crippen molar-refractivity contribution >= 4 is 22.5 Å². The van der Waals surface area contributed by atoms with Gasteiger partial charge in [-0.2, -0.15) is 5.10 Å². The van der Waals surface area contributed by atoms with Gasteiger partial charge in [0.1, 0.15) is 5.75 Å². The summed E-state index contributed by atoms with van der Waals surface area (Å²) < 4.78 is 7.15. The lowest BCUT2D eigenvalue weighted by Crippen LogP contribution is -2.01. The minimum atomic E-state index is 0.717. The average molecular weight is 287 g/mol. The van der Waals surface area contributed by atoms with Gasteiger partial charge >= 0.3 is 0 Å². The number of aromatic nitrogens is 2. The first kappa shape index (κ1) is 13.0. The van der Waals surface area contributed by atoms with Crippen molar-refractivity contribution in [3.8, 4) is 5.75 Å². The first-order chi connectivity index (χ1) is 9.67. The van der Waals surface area contributed by atoms with Gasteiger partial charge in [-0.15, -0.1) is 0 Å². The number of rotatable bonds is 3. The molecule has 0 aliphatic rings. The number of halogens is 1. The minimum Gasteiger partial charge on any atom is -0.497 e. The number of hydrogen-bond acceptors (Lipinski definition) is 2. The lowest BCUT2D eigenvalue weighted by molar-refractivity contribution is 0.414. The molecule has 0 amide bonds. The quantitative estimate of drug-likeness (QED) is 0.726. The van der Waals surface area contributed by atoms with Gasteiger partial charge in [-0.05, 0) is 42.8 Å². The van der Waals surface area contributed by atoms with Crippen molar-refractivity contribution in [2.45, 2.75) is 13.5 Å². The fraction of sp³-hybridized carbons (Fsp3) is 0.188. The molecule has 4 heteroatoms. The van der Waals surface area contributed by atoms with Crippen LogP contribution in [0.5, 0.6) is 5.75 Å². The summed E-state index contributed by atoms with van der Waals surface area (Å²) >= 11 is 6.08. The highest BCUT2D eigenvalue weighted by Crippen LogP contribution is 2.23. The van der Waals surface area contributed by atoms with Crippen molar-refractivity contribution in [2.24, 2.45) is 0 Å². The van der Waals surface area contributed by atoms with Crippen LogP contribution in [0.2, 0.25) is 5.02 Å². The minimum absolute atomic E-state index is 0.717. The number of nitrogens with zero attached hydrogens (tertiary/aromatic N) is 2. The standard InChI is InChI=1S/C16H15ClN2O/c1-11-15-8-5-13(17)9-16(15)19(18-11)10-12-3-6-14(20-2)7-4-12/h3-9H,10H2,1-2H3. The Morgan fingerprint density at radius 1 is 1.15 bits per heavy atom. The molecule has 0 aliphatic heterocycles. The van der Waals surface area contributed by atoms with Crippen molar-refractivity contribution in [1.82, 2.24) is 9.78 Å². The Balaban J connectivity index is 1.99. The summed E-state index contributed by atoms with van der Waals surface area (Å²) in [5, 5.41) is 6.47. The number of benzene rings is 2. The molecule has 0 radical (unpaired) electrons. The molecule has 102 valence electrons. The Labute approximate surface area is 122 Å². The first-order valence-electron chi connectivity index (χ1n) is 6.43. The van der Waals surface area contributed by atoms with Gasteiger partial charge < -0.3 is 4.74 Å². The van der Waals surface area contributed by atoms with E-state index < -0.39 is 0 Å². The van der Waals surface area contributed by atoms with Crippen LogP contribution < -0.4 is 4.74 Å². The second kappa shape index (κ2) is 5.17. The average Bonchev–Trinajstić information content (AvgIpc) is 2.76. The molecule has 1 aromatic heterocycles. The van der Waals surface area contributed by atoms with Crippen LogP contribution in [0.15, 0.2) is 42.5 Å². The van der Waals surface area contributed by atoms with E-state index in [1.807, 2.05) is 54.1 Å². The van der Waals surface area contributed by atoms with Crippen LogP contribution in [0.1, 0.15) is 11.3 Å². The zero-order valence-corrected chi connectivity index (χ0v) is 12.2. The Kier molecular flexibility index (Phi) is 3.36. The zero-order valence-electron chi connectivity index (χ0n) is 11.4. The van der Waals surface area contributed by atoms with Crippen molar-refractivity contribution in [2.75, 3.05) is 7.11 Å². The number of aryl methyl sites for hydroxylation is 1. The Morgan fingerprint density at radius 2 is 1.90 bits per heavy atom. The van der Waals surface area contributed by atoms with Crippen molar-refractivity contribution < 1.29 is 4.74 Å². The highest BCUT2D eigenvalue weighted by molar-refractivity contribution is 6.31. The van der Waals surface area contributed by atoms with E-state index in [4.69, 9.17) is 16.3 Å². The lowest BCUT2D eigenvalue weighted by Gasteiger charge is -2.05. The number of hydrogen-bond donors (Lipinski definition) is 0. The first-order valence-corrected chi connectivity index (χ1v) is 6.81. The fourth-order valence-corrected chi connectivity index (χ4v) is 2.50. The van der Waals surface area contributed by atoms with Crippen LogP contribution >= 0.6 is 11.6 Å². The molecule has 1 heterocycles. The third-order valence-corrected chi connectivity index (χ3v) is 3.62. The topological polar surface area (TPSA) is 27.1 Å². The predicted octanol–water partition coefficient (Wildman–Crippen LogP) is 4.06. The van der Waals surface area contributed by atoms with Crippen LogP contribution in [-0.4, -0.2) is 16.9 Å². The Bertz CT molecular complexity index is 747. The molecule has 3 aromatic rings. The van der Waals surface area contributed by atoms with Gasteiger partial charge in [0, 0.05) is 10.4 Å².